The van der Waals surface area contributed by atoms with E-state index < -0.39 is 15.5 Å². The van der Waals surface area contributed by atoms with Gasteiger partial charge in [-0.2, -0.15) is 17.5 Å². The van der Waals surface area contributed by atoms with Crippen LogP contribution in [-0.2, 0) is 16.6 Å². The van der Waals surface area contributed by atoms with Crippen molar-refractivity contribution >= 4 is 45.6 Å². The number of nitrogens with zero attached hydrogens (tertiary/aromatic N) is 3. The van der Waals surface area contributed by atoms with Crippen molar-refractivity contribution in [2.45, 2.75) is 30.9 Å². The maximum atomic E-state index is 12.6. The normalized spacial score (nSPS) is 16.8. The zero-order valence-electron chi connectivity index (χ0n) is 16.5. The number of hydrogen-bond donors (Lipinski definition) is 2. The molecule has 29 heavy (non-hydrogen) atoms. The van der Waals surface area contributed by atoms with Crippen molar-refractivity contribution in [3.05, 3.63) is 29.8 Å². The summed E-state index contributed by atoms with van der Waals surface area (Å²) in [4.78, 5) is 6.13. The Morgan fingerprint density at radius 2 is 1.90 bits per heavy atom. The van der Waals surface area contributed by atoms with Crippen LogP contribution in [0.15, 0.2) is 29.3 Å². The molecule has 1 aliphatic heterocycles. The molecule has 0 aliphatic carbocycles. The van der Waals surface area contributed by atoms with Crippen LogP contribution in [0.25, 0.3) is 0 Å². The molecular formula is C17H27F3IN5O2S. The molecule has 7 nitrogen and oxygen atoms in total. The minimum absolute atomic E-state index is 0. The first-order valence-corrected chi connectivity index (χ1v) is 10.3. The van der Waals surface area contributed by atoms with Gasteiger partial charge in [0, 0.05) is 52.5 Å². The number of aliphatic imine (C=N–C) groups is 1. The highest BCUT2D eigenvalue weighted by Crippen LogP contribution is 2.28. The summed E-state index contributed by atoms with van der Waals surface area (Å²) in [5.41, 5.74) is -3.13. The molecule has 1 aromatic rings. The lowest BCUT2D eigenvalue weighted by Gasteiger charge is -2.32. The molecule has 2 rings (SSSR count). The Bertz CT molecular complexity index is 795. The molecule has 0 unspecified atom stereocenters. The third-order valence-electron chi connectivity index (χ3n) is 4.54. The lowest BCUT2D eigenvalue weighted by atomic mass is 10.1. The minimum Gasteiger partial charge on any atom is -0.378 e. The van der Waals surface area contributed by atoms with Crippen LogP contribution in [0.5, 0.6) is 0 Å². The van der Waals surface area contributed by atoms with Crippen molar-refractivity contribution in [3.8, 4) is 0 Å². The molecule has 166 valence electrons. The van der Waals surface area contributed by atoms with Crippen molar-refractivity contribution in [1.29, 1.82) is 0 Å². The number of piperidine rings is 1. The van der Waals surface area contributed by atoms with Gasteiger partial charge in [0.25, 0.3) is 0 Å². The summed E-state index contributed by atoms with van der Waals surface area (Å²) in [5, 5.41) is 6.32. The standard InChI is InChI=1S/C17H26F3N5O2S.HI/c1-21-16(22-12-13-5-4-6-15(11-13)24(2)3)23-14-7-9-25(10-8-14)28(26,27)17(18,19)20;/h4-6,11,14H,7-10,12H2,1-3H3,(H2,21,22,23);1H. The molecule has 0 bridgehead atoms. The first kappa shape index (κ1) is 25.8. The molecule has 1 heterocycles. The van der Waals surface area contributed by atoms with E-state index in [9.17, 15) is 21.6 Å². The van der Waals surface area contributed by atoms with Crippen LogP contribution in [0.2, 0.25) is 0 Å². The van der Waals surface area contributed by atoms with Gasteiger partial charge in [0.2, 0.25) is 0 Å². The fourth-order valence-electron chi connectivity index (χ4n) is 2.91. The number of benzene rings is 1. The molecule has 1 saturated heterocycles. The van der Waals surface area contributed by atoms with Crippen LogP contribution in [0.4, 0.5) is 18.9 Å². The zero-order chi connectivity index (χ0) is 20.9. The van der Waals surface area contributed by atoms with Gasteiger partial charge in [0.1, 0.15) is 0 Å². The predicted molar refractivity (Wildman–Crippen MR) is 119 cm³/mol. The Morgan fingerprint density at radius 3 is 2.41 bits per heavy atom. The summed E-state index contributed by atoms with van der Waals surface area (Å²) in [6.45, 7) is 0.172. The van der Waals surface area contributed by atoms with E-state index in [2.05, 4.69) is 15.6 Å². The fourth-order valence-corrected chi connectivity index (χ4v) is 3.89. The first-order chi connectivity index (χ1) is 13.0. The van der Waals surface area contributed by atoms with Gasteiger partial charge in [-0.3, -0.25) is 4.99 Å². The summed E-state index contributed by atoms with van der Waals surface area (Å²) in [6.07, 6.45) is 0.540. The SMILES string of the molecule is CN=C(NCc1cccc(N(C)C)c1)NC1CCN(S(=O)(=O)C(F)(F)F)CC1.I. The van der Waals surface area contributed by atoms with Gasteiger partial charge >= 0.3 is 15.5 Å². The van der Waals surface area contributed by atoms with Gasteiger partial charge in [0.15, 0.2) is 5.96 Å². The number of guanidine groups is 1. The first-order valence-electron chi connectivity index (χ1n) is 8.84. The second-order valence-electron chi connectivity index (χ2n) is 6.76. The Balaban J connectivity index is 0.00000420. The number of alkyl halides is 3. The van der Waals surface area contributed by atoms with Gasteiger partial charge in [0.05, 0.1) is 0 Å². The van der Waals surface area contributed by atoms with E-state index in [0.29, 0.717) is 16.8 Å². The summed E-state index contributed by atoms with van der Waals surface area (Å²) in [6, 6.07) is 7.83. The number of rotatable bonds is 5. The Kier molecular flexibility index (Phi) is 9.47. The van der Waals surface area contributed by atoms with Crippen LogP contribution < -0.4 is 15.5 Å². The van der Waals surface area contributed by atoms with Crippen LogP contribution in [0.1, 0.15) is 18.4 Å². The number of nitrogens with one attached hydrogen (secondary N) is 2. The molecule has 0 radical (unpaired) electrons. The Hall–Kier alpha value is -1.28. The molecule has 1 fully saturated rings. The summed E-state index contributed by atoms with van der Waals surface area (Å²) in [5.74, 6) is 0.521. The number of anilines is 1. The van der Waals surface area contributed by atoms with Crippen molar-refractivity contribution < 1.29 is 21.6 Å². The van der Waals surface area contributed by atoms with Gasteiger partial charge in [-0.25, -0.2) is 8.42 Å². The fraction of sp³-hybridized carbons (Fsp3) is 0.588. The van der Waals surface area contributed by atoms with E-state index in [-0.39, 0.29) is 55.9 Å². The average molecular weight is 549 g/mol. The van der Waals surface area contributed by atoms with Gasteiger partial charge in [-0.05, 0) is 30.5 Å². The summed E-state index contributed by atoms with van der Waals surface area (Å²) >= 11 is 0. The third kappa shape index (κ3) is 6.88. The lowest BCUT2D eigenvalue weighted by molar-refractivity contribution is -0.0494. The van der Waals surface area contributed by atoms with Crippen LogP contribution >= 0.6 is 24.0 Å². The van der Waals surface area contributed by atoms with Crippen molar-refractivity contribution in [2.24, 2.45) is 4.99 Å². The number of halogens is 4. The molecule has 12 heteroatoms. The predicted octanol–water partition coefficient (Wildman–Crippen LogP) is 2.35. The molecule has 1 aliphatic rings. The molecule has 1 aromatic carbocycles. The van der Waals surface area contributed by atoms with Crippen molar-refractivity contribution in [2.75, 3.05) is 39.1 Å². The van der Waals surface area contributed by atoms with E-state index in [4.69, 9.17) is 0 Å². The Morgan fingerprint density at radius 1 is 1.28 bits per heavy atom. The molecule has 0 spiro atoms. The molecule has 2 N–H and O–H groups in total. The second-order valence-corrected chi connectivity index (χ2v) is 8.69. The van der Waals surface area contributed by atoms with Gasteiger partial charge in [-0.1, -0.05) is 12.1 Å². The van der Waals surface area contributed by atoms with Crippen molar-refractivity contribution in [1.82, 2.24) is 14.9 Å². The monoisotopic (exact) mass is 549 g/mol. The summed E-state index contributed by atoms with van der Waals surface area (Å²) < 4.78 is 61.4. The van der Waals surface area contributed by atoms with Gasteiger partial charge in [-0.15, -0.1) is 24.0 Å². The number of sulfonamides is 1. The topological polar surface area (TPSA) is 77.0 Å². The van der Waals surface area contributed by atoms with E-state index in [1.165, 1.54) is 0 Å². The van der Waals surface area contributed by atoms with E-state index in [0.717, 1.165) is 11.3 Å². The Labute approximate surface area is 186 Å². The smallest absolute Gasteiger partial charge is 0.378 e. The third-order valence-corrected chi connectivity index (χ3v) is 6.17. The highest BCUT2D eigenvalue weighted by atomic mass is 127. The van der Waals surface area contributed by atoms with Crippen molar-refractivity contribution in [3.63, 3.8) is 0 Å². The van der Waals surface area contributed by atoms with Crippen LogP contribution in [0, 0.1) is 0 Å². The largest absolute Gasteiger partial charge is 0.511 e. The highest BCUT2D eigenvalue weighted by Gasteiger charge is 2.50. The molecule has 0 aromatic heterocycles. The second kappa shape index (κ2) is 10.7. The molecular weight excluding hydrogens is 522 g/mol. The maximum Gasteiger partial charge on any atom is 0.511 e. The molecule has 0 amide bonds. The van der Waals surface area contributed by atoms with E-state index in [1.54, 1.807) is 7.05 Å². The molecule has 0 atom stereocenters. The van der Waals surface area contributed by atoms with E-state index in [1.807, 2.05) is 43.3 Å². The highest BCUT2D eigenvalue weighted by molar-refractivity contribution is 14.0. The van der Waals surface area contributed by atoms with Crippen LogP contribution in [0.3, 0.4) is 0 Å². The number of hydrogen-bond acceptors (Lipinski definition) is 4. The van der Waals surface area contributed by atoms with E-state index >= 15 is 0 Å². The average Bonchev–Trinajstić information content (AvgIpc) is 2.64. The maximum absolute atomic E-state index is 12.6. The molecule has 0 saturated carbocycles. The quantitative estimate of drug-likeness (QED) is 0.335. The summed E-state index contributed by atoms with van der Waals surface area (Å²) in [7, 11) is 0.261. The van der Waals surface area contributed by atoms with Gasteiger partial charge < -0.3 is 15.5 Å². The lowest BCUT2D eigenvalue weighted by Crippen LogP contribution is -2.51. The zero-order valence-corrected chi connectivity index (χ0v) is 19.7. The van der Waals surface area contributed by atoms with Crippen LogP contribution in [-0.4, -0.2) is 64.5 Å². The minimum atomic E-state index is -5.26.